The molecule has 3 N–H and O–H groups in total. The van der Waals surface area contributed by atoms with Gasteiger partial charge in [0.05, 0.1) is 16.7 Å². The van der Waals surface area contributed by atoms with E-state index in [2.05, 4.69) is 5.32 Å². The molecule has 0 fully saturated rings. The van der Waals surface area contributed by atoms with Gasteiger partial charge in [-0.3, -0.25) is 24.0 Å². The van der Waals surface area contributed by atoms with Crippen LogP contribution in [0.3, 0.4) is 0 Å². The standard InChI is InChI=1S/C21H13NO4.C14H7ClO2.C14H8O3/c23-19-16-8-2-1-7-14(16)15-9-4-10-17(18(15)19)20(24)22-13-6-3-5-12(11-13)21(25)26;15-14(17)11-7-3-6-9-8-4-1-2-5-10(8)13(16)12(9)11;15-13-10-5-2-1-4-8(10)9-6-3-7-11(12(9)13)14(16)17/h1-11H,(H,22,24)(H,25,26);1-7H;1-7H,(H,16,17). The molecule has 0 saturated heterocycles. The Morgan fingerprint density at radius 3 is 1.20 bits per heavy atom. The highest BCUT2D eigenvalue weighted by atomic mass is 35.5. The average Bonchev–Trinajstić information content (AvgIpc) is 3.85. The van der Waals surface area contributed by atoms with Crippen molar-refractivity contribution < 1.29 is 43.8 Å². The number of carbonyl (C=O) groups excluding carboxylic acids is 5. The van der Waals surface area contributed by atoms with E-state index >= 15 is 0 Å². The molecular formula is C49H28ClNO9. The van der Waals surface area contributed by atoms with Gasteiger partial charge in [0.15, 0.2) is 17.3 Å². The molecule has 0 heterocycles. The Bertz CT molecular complexity index is 2920. The number of aromatic carboxylic acids is 2. The summed E-state index contributed by atoms with van der Waals surface area (Å²) in [5.74, 6) is -3.10. The fourth-order valence-corrected chi connectivity index (χ4v) is 7.83. The zero-order chi connectivity index (χ0) is 42.2. The van der Waals surface area contributed by atoms with E-state index in [4.69, 9.17) is 21.8 Å². The van der Waals surface area contributed by atoms with Gasteiger partial charge < -0.3 is 15.5 Å². The predicted octanol–water partition coefficient (Wildman–Crippen LogP) is 9.72. The Morgan fingerprint density at radius 2 is 0.767 bits per heavy atom. The fourth-order valence-electron chi connectivity index (χ4n) is 7.68. The molecule has 11 heteroatoms. The summed E-state index contributed by atoms with van der Waals surface area (Å²) in [6.07, 6.45) is 0. The lowest BCUT2D eigenvalue weighted by molar-refractivity contribution is 0.0685. The summed E-state index contributed by atoms with van der Waals surface area (Å²) in [4.78, 5) is 83.3. The highest BCUT2D eigenvalue weighted by molar-refractivity contribution is 6.68. The highest BCUT2D eigenvalue weighted by Crippen LogP contribution is 2.40. The number of benzene rings is 7. The van der Waals surface area contributed by atoms with Crippen LogP contribution in [0, 0.1) is 0 Å². The van der Waals surface area contributed by atoms with E-state index in [0.717, 1.165) is 27.8 Å². The molecule has 1 amide bonds. The number of carboxylic acids is 2. The molecule has 0 bridgehead atoms. The minimum absolute atomic E-state index is 0.0729. The Labute approximate surface area is 346 Å². The highest BCUT2D eigenvalue weighted by Gasteiger charge is 2.33. The maximum absolute atomic E-state index is 12.8. The zero-order valence-electron chi connectivity index (χ0n) is 31.1. The van der Waals surface area contributed by atoms with Crippen LogP contribution in [-0.4, -0.2) is 50.7 Å². The Morgan fingerprint density at radius 1 is 0.400 bits per heavy atom. The lowest BCUT2D eigenvalue weighted by Gasteiger charge is -2.09. The minimum atomic E-state index is -1.08. The summed E-state index contributed by atoms with van der Waals surface area (Å²) in [5, 5.41) is 20.2. The first kappa shape index (κ1) is 38.8. The first-order valence-electron chi connectivity index (χ1n) is 18.4. The molecule has 290 valence electrons. The summed E-state index contributed by atoms with van der Waals surface area (Å²) < 4.78 is 0. The largest absolute Gasteiger partial charge is 0.478 e. The summed E-state index contributed by atoms with van der Waals surface area (Å²) in [6.45, 7) is 0. The van der Waals surface area contributed by atoms with Crippen LogP contribution in [0.1, 0.15) is 89.2 Å². The number of halogens is 1. The number of nitrogens with one attached hydrogen (secondary N) is 1. The summed E-state index contributed by atoms with van der Waals surface area (Å²) in [6, 6.07) is 42.9. The van der Waals surface area contributed by atoms with Gasteiger partial charge >= 0.3 is 11.9 Å². The summed E-state index contributed by atoms with van der Waals surface area (Å²) >= 11 is 5.50. The molecule has 3 aliphatic rings. The van der Waals surface area contributed by atoms with Crippen LogP contribution in [0.25, 0.3) is 33.4 Å². The van der Waals surface area contributed by atoms with Crippen molar-refractivity contribution >= 4 is 57.7 Å². The zero-order valence-corrected chi connectivity index (χ0v) is 31.8. The van der Waals surface area contributed by atoms with E-state index in [9.17, 15) is 33.6 Å². The smallest absolute Gasteiger partial charge is 0.336 e. The normalized spacial score (nSPS) is 11.9. The van der Waals surface area contributed by atoms with E-state index in [1.165, 1.54) is 18.2 Å². The Kier molecular flexibility index (Phi) is 10.1. The molecule has 7 aromatic carbocycles. The van der Waals surface area contributed by atoms with Gasteiger partial charge in [-0.05, 0) is 81.4 Å². The average molecular weight is 810 g/mol. The minimum Gasteiger partial charge on any atom is -0.478 e. The van der Waals surface area contributed by atoms with Crippen LogP contribution in [0.5, 0.6) is 0 Å². The van der Waals surface area contributed by atoms with Crippen molar-refractivity contribution in [2.75, 3.05) is 5.32 Å². The molecule has 0 aromatic heterocycles. The second-order valence-electron chi connectivity index (χ2n) is 13.7. The first-order chi connectivity index (χ1) is 29.0. The van der Waals surface area contributed by atoms with E-state index < -0.39 is 23.1 Å². The van der Waals surface area contributed by atoms with Crippen molar-refractivity contribution in [3.8, 4) is 33.4 Å². The number of ketones is 3. The van der Waals surface area contributed by atoms with Gasteiger partial charge in [-0.1, -0.05) is 115 Å². The number of carboxylic acid groups (broad SMARTS) is 2. The lowest BCUT2D eigenvalue weighted by Crippen LogP contribution is -2.16. The number of hydrogen-bond acceptors (Lipinski definition) is 7. The Balaban J connectivity index is 0.000000129. The van der Waals surface area contributed by atoms with E-state index in [-0.39, 0.29) is 39.6 Å². The monoisotopic (exact) mass is 809 g/mol. The van der Waals surface area contributed by atoms with Gasteiger partial charge in [-0.25, -0.2) is 9.59 Å². The SMILES string of the molecule is O=C(Cl)c1cccc2c1C(=O)c1ccccc1-2.O=C(O)c1cccc(NC(=O)c2cccc3c2C(=O)c2ccccc2-3)c1.O=C(O)c1cccc2c1C(=O)c1ccccc1-2. The Hall–Kier alpha value is -8.08. The van der Waals surface area contributed by atoms with Crippen molar-refractivity contribution in [1.82, 2.24) is 0 Å². The first-order valence-corrected chi connectivity index (χ1v) is 18.7. The van der Waals surface area contributed by atoms with Crippen LogP contribution in [0.2, 0.25) is 0 Å². The molecule has 0 unspecified atom stereocenters. The molecule has 0 spiro atoms. The van der Waals surface area contributed by atoms with Crippen molar-refractivity contribution in [1.29, 1.82) is 0 Å². The molecule has 10 rings (SSSR count). The third kappa shape index (κ3) is 6.76. The number of rotatable bonds is 5. The maximum atomic E-state index is 12.8. The van der Waals surface area contributed by atoms with Crippen LogP contribution in [-0.2, 0) is 0 Å². The number of anilines is 1. The number of amides is 1. The quantitative estimate of drug-likeness (QED) is 0.143. The lowest BCUT2D eigenvalue weighted by atomic mass is 10.00. The van der Waals surface area contributed by atoms with Crippen LogP contribution in [0.4, 0.5) is 5.69 Å². The molecule has 60 heavy (non-hydrogen) atoms. The molecule has 3 aliphatic carbocycles. The molecule has 0 aliphatic heterocycles. The van der Waals surface area contributed by atoms with Crippen LogP contribution >= 0.6 is 11.6 Å². The number of carbonyl (C=O) groups is 7. The van der Waals surface area contributed by atoms with Crippen molar-refractivity contribution in [3.05, 3.63) is 207 Å². The molecule has 7 aromatic rings. The van der Waals surface area contributed by atoms with E-state index in [0.29, 0.717) is 44.6 Å². The van der Waals surface area contributed by atoms with Gasteiger partial charge in [-0.2, -0.15) is 0 Å². The number of fused-ring (bicyclic) bond motifs is 9. The third-order valence-corrected chi connectivity index (χ3v) is 10.5. The third-order valence-electron chi connectivity index (χ3n) is 10.3. The van der Waals surface area contributed by atoms with Gasteiger partial charge in [0, 0.05) is 44.6 Å². The van der Waals surface area contributed by atoms with Crippen molar-refractivity contribution in [2.24, 2.45) is 0 Å². The molecule has 10 nitrogen and oxygen atoms in total. The van der Waals surface area contributed by atoms with Crippen molar-refractivity contribution in [2.45, 2.75) is 0 Å². The van der Waals surface area contributed by atoms with Crippen molar-refractivity contribution in [3.63, 3.8) is 0 Å². The predicted molar refractivity (Wildman–Crippen MR) is 224 cm³/mol. The van der Waals surface area contributed by atoms with Crippen LogP contribution in [0.15, 0.2) is 152 Å². The van der Waals surface area contributed by atoms with Gasteiger partial charge in [0.1, 0.15) is 0 Å². The second-order valence-corrected chi connectivity index (χ2v) is 14.1. The summed E-state index contributed by atoms with van der Waals surface area (Å²) in [5.41, 5.74) is 8.69. The molecular weight excluding hydrogens is 782 g/mol. The van der Waals surface area contributed by atoms with Gasteiger partial charge in [0.25, 0.3) is 11.1 Å². The molecule has 0 saturated carbocycles. The van der Waals surface area contributed by atoms with Gasteiger partial charge in [0.2, 0.25) is 0 Å². The molecule has 0 radical (unpaired) electrons. The number of hydrogen-bond donors (Lipinski definition) is 3. The van der Waals surface area contributed by atoms with E-state index in [1.807, 2.05) is 54.6 Å². The summed E-state index contributed by atoms with van der Waals surface area (Å²) in [7, 11) is 0. The van der Waals surface area contributed by atoms with Gasteiger partial charge in [-0.15, -0.1) is 0 Å². The molecule has 0 atom stereocenters. The topological polar surface area (TPSA) is 172 Å². The van der Waals surface area contributed by atoms with Crippen LogP contribution < -0.4 is 5.32 Å². The fraction of sp³-hybridized carbons (Fsp3) is 0. The maximum Gasteiger partial charge on any atom is 0.336 e. The second kappa shape index (κ2) is 15.7. The van der Waals surface area contributed by atoms with E-state index in [1.54, 1.807) is 78.9 Å².